The second kappa shape index (κ2) is 3.53. The van der Waals surface area contributed by atoms with Gasteiger partial charge in [-0.15, -0.1) is 0 Å². The second-order valence-electron chi connectivity index (χ2n) is 3.37. The van der Waals surface area contributed by atoms with Gasteiger partial charge in [-0.05, 0) is 33.6 Å². The van der Waals surface area contributed by atoms with Crippen molar-refractivity contribution in [3.63, 3.8) is 0 Å². The minimum Gasteiger partial charge on any atom is -0.496 e. The van der Waals surface area contributed by atoms with Crippen molar-refractivity contribution >= 4 is 15.9 Å². The van der Waals surface area contributed by atoms with Crippen molar-refractivity contribution in [3.05, 3.63) is 28.2 Å². The average molecular weight is 259 g/mol. The first kappa shape index (κ1) is 9.96. The molecule has 0 radical (unpaired) electrons. The van der Waals surface area contributed by atoms with E-state index >= 15 is 0 Å². The Morgan fingerprint density at radius 3 is 2.71 bits per heavy atom. The first-order valence-corrected chi connectivity index (χ1v) is 5.09. The Bertz CT molecular complexity index is 347. The van der Waals surface area contributed by atoms with Crippen molar-refractivity contribution in [2.24, 2.45) is 0 Å². The Morgan fingerprint density at radius 2 is 2.21 bits per heavy atom. The van der Waals surface area contributed by atoms with Gasteiger partial charge in [0.25, 0.3) is 0 Å². The zero-order chi connectivity index (χ0) is 10.2. The van der Waals surface area contributed by atoms with E-state index in [0.29, 0.717) is 13.2 Å². The smallest absolute Gasteiger partial charge is 0.136 e. The lowest BCUT2D eigenvalue weighted by Crippen LogP contribution is -2.46. The highest BCUT2D eigenvalue weighted by atomic mass is 79.9. The van der Waals surface area contributed by atoms with Crippen molar-refractivity contribution in [2.45, 2.75) is 5.60 Å². The Balaban J connectivity index is 2.35. The van der Waals surface area contributed by atoms with Crippen LogP contribution in [0.5, 0.6) is 5.75 Å². The van der Waals surface area contributed by atoms with Crippen molar-refractivity contribution in [3.8, 4) is 5.75 Å². The molecule has 2 rings (SSSR count). The molecule has 1 aliphatic heterocycles. The Labute approximate surface area is 90.8 Å². The summed E-state index contributed by atoms with van der Waals surface area (Å²) in [5.74, 6) is 0.725. The standard InChI is InChI=1S/C10H11BrO3/c1-13-9-4-7(2-3-8(9)11)10(12)5-14-6-10/h2-4,12H,5-6H2,1H3. The topological polar surface area (TPSA) is 38.7 Å². The van der Waals surface area contributed by atoms with Gasteiger partial charge in [-0.2, -0.15) is 0 Å². The van der Waals surface area contributed by atoms with E-state index in [1.165, 1.54) is 0 Å². The molecule has 1 N–H and O–H groups in total. The summed E-state index contributed by atoms with van der Waals surface area (Å²) in [5.41, 5.74) is 0.0114. The molecule has 0 amide bonds. The fourth-order valence-corrected chi connectivity index (χ4v) is 1.82. The van der Waals surface area contributed by atoms with Crippen LogP contribution in [0.3, 0.4) is 0 Å². The third-order valence-electron chi connectivity index (χ3n) is 2.37. The number of benzene rings is 1. The number of halogens is 1. The molecule has 1 saturated heterocycles. The Hall–Kier alpha value is -0.580. The minimum atomic E-state index is -0.825. The maximum Gasteiger partial charge on any atom is 0.136 e. The zero-order valence-electron chi connectivity index (χ0n) is 7.79. The van der Waals surface area contributed by atoms with Gasteiger partial charge in [0.1, 0.15) is 11.4 Å². The van der Waals surface area contributed by atoms with Crippen LogP contribution in [0.1, 0.15) is 5.56 Å². The van der Waals surface area contributed by atoms with Gasteiger partial charge in [-0.25, -0.2) is 0 Å². The van der Waals surface area contributed by atoms with E-state index in [-0.39, 0.29) is 0 Å². The molecule has 1 aliphatic rings. The number of ether oxygens (including phenoxy) is 2. The summed E-state index contributed by atoms with van der Waals surface area (Å²) in [5, 5.41) is 10.00. The van der Waals surface area contributed by atoms with Gasteiger partial charge in [-0.3, -0.25) is 0 Å². The van der Waals surface area contributed by atoms with Crippen molar-refractivity contribution in [2.75, 3.05) is 20.3 Å². The van der Waals surface area contributed by atoms with Crippen molar-refractivity contribution < 1.29 is 14.6 Å². The van der Waals surface area contributed by atoms with E-state index in [0.717, 1.165) is 15.8 Å². The first-order valence-electron chi connectivity index (χ1n) is 4.30. The second-order valence-corrected chi connectivity index (χ2v) is 4.23. The molecule has 0 bridgehead atoms. The highest BCUT2D eigenvalue weighted by molar-refractivity contribution is 9.10. The monoisotopic (exact) mass is 258 g/mol. The summed E-state index contributed by atoms with van der Waals surface area (Å²) in [6.07, 6.45) is 0. The molecular weight excluding hydrogens is 248 g/mol. The molecular formula is C10H11BrO3. The minimum absolute atomic E-state index is 0.359. The summed E-state index contributed by atoms with van der Waals surface area (Å²) >= 11 is 3.36. The Kier molecular flexibility index (Phi) is 2.51. The lowest BCUT2D eigenvalue weighted by atomic mass is 9.92. The first-order chi connectivity index (χ1) is 6.65. The number of rotatable bonds is 2. The molecule has 3 nitrogen and oxygen atoms in total. The van der Waals surface area contributed by atoms with Crippen LogP contribution in [0.2, 0.25) is 0 Å². The Morgan fingerprint density at radius 1 is 1.50 bits per heavy atom. The van der Waals surface area contributed by atoms with Crippen LogP contribution in [0, 0.1) is 0 Å². The molecule has 4 heteroatoms. The summed E-state index contributed by atoms with van der Waals surface area (Å²) in [6, 6.07) is 5.56. The predicted octanol–water partition coefficient (Wildman–Crippen LogP) is 1.68. The van der Waals surface area contributed by atoms with Crippen LogP contribution in [0.25, 0.3) is 0 Å². The molecule has 0 aromatic heterocycles. The van der Waals surface area contributed by atoms with E-state index in [2.05, 4.69) is 15.9 Å². The number of aliphatic hydroxyl groups is 1. The normalized spacial score (nSPS) is 18.8. The van der Waals surface area contributed by atoms with Gasteiger partial charge >= 0.3 is 0 Å². The van der Waals surface area contributed by atoms with E-state index in [1.807, 2.05) is 18.2 Å². The summed E-state index contributed by atoms with van der Waals surface area (Å²) in [4.78, 5) is 0. The van der Waals surface area contributed by atoms with Crippen LogP contribution in [-0.4, -0.2) is 25.4 Å². The van der Waals surface area contributed by atoms with Crippen LogP contribution < -0.4 is 4.74 Å². The largest absolute Gasteiger partial charge is 0.496 e. The molecule has 1 heterocycles. The van der Waals surface area contributed by atoms with E-state index in [4.69, 9.17) is 9.47 Å². The third kappa shape index (κ3) is 1.54. The quantitative estimate of drug-likeness (QED) is 0.878. The number of methoxy groups -OCH3 is 1. The molecule has 1 aromatic rings. The molecule has 1 fully saturated rings. The SMILES string of the molecule is COc1cc(C2(O)COC2)ccc1Br. The fourth-order valence-electron chi connectivity index (χ4n) is 1.41. The maximum absolute atomic E-state index is 10.00. The summed E-state index contributed by atoms with van der Waals surface area (Å²) in [6.45, 7) is 0.718. The molecule has 0 aliphatic carbocycles. The zero-order valence-corrected chi connectivity index (χ0v) is 9.37. The number of hydrogen-bond acceptors (Lipinski definition) is 3. The van der Waals surface area contributed by atoms with Crippen LogP contribution >= 0.6 is 15.9 Å². The van der Waals surface area contributed by atoms with Gasteiger partial charge in [-0.1, -0.05) is 6.07 Å². The third-order valence-corrected chi connectivity index (χ3v) is 3.03. The van der Waals surface area contributed by atoms with E-state index < -0.39 is 5.60 Å². The highest BCUT2D eigenvalue weighted by Gasteiger charge is 2.38. The van der Waals surface area contributed by atoms with Crippen molar-refractivity contribution in [1.29, 1.82) is 0 Å². The molecule has 14 heavy (non-hydrogen) atoms. The van der Waals surface area contributed by atoms with Crippen LogP contribution in [0.4, 0.5) is 0 Å². The molecule has 0 saturated carbocycles. The molecule has 0 unspecified atom stereocenters. The summed E-state index contributed by atoms with van der Waals surface area (Å²) in [7, 11) is 1.60. The van der Waals surface area contributed by atoms with E-state index in [9.17, 15) is 5.11 Å². The molecule has 76 valence electrons. The molecule has 0 spiro atoms. The molecule has 1 aromatic carbocycles. The van der Waals surface area contributed by atoms with Gasteiger partial charge in [0.2, 0.25) is 0 Å². The fraction of sp³-hybridized carbons (Fsp3) is 0.400. The lowest BCUT2D eigenvalue weighted by Gasteiger charge is -2.36. The highest BCUT2D eigenvalue weighted by Crippen LogP contribution is 2.34. The average Bonchev–Trinajstić information content (AvgIpc) is 2.15. The predicted molar refractivity (Wildman–Crippen MR) is 55.4 cm³/mol. The van der Waals surface area contributed by atoms with Gasteiger partial charge in [0, 0.05) is 0 Å². The van der Waals surface area contributed by atoms with Gasteiger partial charge in [0.15, 0.2) is 0 Å². The molecule has 0 atom stereocenters. The van der Waals surface area contributed by atoms with Crippen molar-refractivity contribution in [1.82, 2.24) is 0 Å². The van der Waals surface area contributed by atoms with E-state index in [1.54, 1.807) is 7.11 Å². The van der Waals surface area contributed by atoms with Crippen LogP contribution in [0.15, 0.2) is 22.7 Å². The van der Waals surface area contributed by atoms with Gasteiger partial charge in [0.05, 0.1) is 24.8 Å². The summed E-state index contributed by atoms with van der Waals surface area (Å²) < 4.78 is 11.0. The maximum atomic E-state index is 10.00. The lowest BCUT2D eigenvalue weighted by molar-refractivity contribution is -0.184. The van der Waals surface area contributed by atoms with Crippen LogP contribution in [-0.2, 0) is 10.3 Å². The van der Waals surface area contributed by atoms with Gasteiger partial charge < -0.3 is 14.6 Å². The number of hydrogen-bond donors (Lipinski definition) is 1.